The van der Waals surface area contributed by atoms with Gasteiger partial charge in [-0.2, -0.15) is 0 Å². The van der Waals surface area contributed by atoms with Crippen LogP contribution in [-0.4, -0.2) is 0 Å². The Morgan fingerprint density at radius 3 is 2.26 bits per heavy atom. The lowest BCUT2D eigenvalue weighted by molar-refractivity contribution is 0.342. The second-order valence-corrected chi connectivity index (χ2v) is 6.06. The second kappa shape index (κ2) is 5.21. The average molecular weight is 250 g/mol. The van der Waals surface area contributed by atoms with Crippen molar-refractivity contribution >= 4 is 0 Å². The van der Waals surface area contributed by atoms with E-state index in [-0.39, 0.29) is 0 Å². The van der Waals surface area contributed by atoms with Gasteiger partial charge < -0.3 is 0 Å². The molecule has 0 saturated heterocycles. The molecular formula is C19H22. The van der Waals surface area contributed by atoms with E-state index in [0.29, 0.717) is 5.41 Å². The van der Waals surface area contributed by atoms with Crippen LogP contribution in [0.4, 0.5) is 0 Å². The van der Waals surface area contributed by atoms with Gasteiger partial charge in [0, 0.05) is 0 Å². The molecule has 19 heavy (non-hydrogen) atoms. The monoisotopic (exact) mass is 250 g/mol. The highest BCUT2D eigenvalue weighted by atomic mass is 14.4. The first-order valence-electron chi connectivity index (χ1n) is 7.38. The van der Waals surface area contributed by atoms with Gasteiger partial charge in [-0.1, -0.05) is 74.0 Å². The summed E-state index contributed by atoms with van der Waals surface area (Å²) in [6.45, 7) is 2.46. The Morgan fingerprint density at radius 1 is 0.947 bits per heavy atom. The Kier molecular flexibility index (Phi) is 3.42. The van der Waals surface area contributed by atoms with E-state index in [1.54, 1.807) is 0 Å². The van der Waals surface area contributed by atoms with Gasteiger partial charge in [0.25, 0.3) is 0 Å². The van der Waals surface area contributed by atoms with E-state index in [9.17, 15) is 0 Å². The largest absolute Gasteiger partial charge is 0.0622 e. The Labute approximate surface area is 116 Å². The number of hydrogen-bond donors (Lipinski definition) is 0. The number of hydrogen-bond acceptors (Lipinski definition) is 0. The van der Waals surface area contributed by atoms with Crippen LogP contribution in [0.5, 0.6) is 0 Å². The van der Waals surface area contributed by atoms with Gasteiger partial charge in [0.15, 0.2) is 0 Å². The standard InChI is InChI=1S/C19H22/c1-19(17-11-6-3-7-12-17)14-8-13-18(19)15-16-9-4-2-5-10-16/h2-7,9-12,18H,8,13-15H2,1H3/t18-,19-/m0/s1. The minimum Gasteiger partial charge on any atom is -0.0622 e. The highest BCUT2D eigenvalue weighted by Crippen LogP contribution is 2.46. The summed E-state index contributed by atoms with van der Waals surface area (Å²) in [6.07, 6.45) is 5.27. The van der Waals surface area contributed by atoms with Gasteiger partial charge in [-0.15, -0.1) is 0 Å². The Morgan fingerprint density at radius 2 is 1.58 bits per heavy atom. The topological polar surface area (TPSA) is 0 Å². The molecule has 1 fully saturated rings. The summed E-state index contributed by atoms with van der Waals surface area (Å²) in [5, 5.41) is 0. The summed E-state index contributed by atoms with van der Waals surface area (Å²) in [5.41, 5.74) is 3.36. The molecule has 1 saturated carbocycles. The van der Waals surface area contributed by atoms with Crippen molar-refractivity contribution in [3.63, 3.8) is 0 Å². The van der Waals surface area contributed by atoms with Crippen molar-refractivity contribution in [2.24, 2.45) is 5.92 Å². The van der Waals surface area contributed by atoms with E-state index in [1.165, 1.54) is 36.8 Å². The maximum atomic E-state index is 2.46. The van der Waals surface area contributed by atoms with E-state index in [0.717, 1.165) is 5.92 Å². The molecule has 0 nitrogen and oxygen atoms in total. The minimum atomic E-state index is 0.358. The fourth-order valence-electron chi connectivity index (χ4n) is 3.66. The molecule has 0 bridgehead atoms. The summed E-state index contributed by atoms with van der Waals surface area (Å²) >= 11 is 0. The van der Waals surface area contributed by atoms with Crippen molar-refractivity contribution in [2.45, 2.75) is 38.0 Å². The van der Waals surface area contributed by atoms with E-state index < -0.39 is 0 Å². The van der Waals surface area contributed by atoms with Crippen LogP contribution in [-0.2, 0) is 11.8 Å². The number of benzene rings is 2. The first-order chi connectivity index (χ1) is 9.29. The van der Waals surface area contributed by atoms with Crippen LogP contribution in [0.15, 0.2) is 60.7 Å². The molecule has 0 N–H and O–H groups in total. The van der Waals surface area contributed by atoms with Gasteiger partial charge in [0.1, 0.15) is 0 Å². The molecule has 0 spiro atoms. The summed E-state index contributed by atoms with van der Waals surface area (Å²) in [5.74, 6) is 0.775. The van der Waals surface area contributed by atoms with Crippen molar-refractivity contribution in [3.05, 3.63) is 71.8 Å². The van der Waals surface area contributed by atoms with Crippen LogP contribution in [0.3, 0.4) is 0 Å². The van der Waals surface area contributed by atoms with E-state index in [2.05, 4.69) is 67.6 Å². The van der Waals surface area contributed by atoms with E-state index in [1.807, 2.05) is 0 Å². The molecule has 2 atom stereocenters. The molecule has 0 heterocycles. The molecule has 1 aliphatic rings. The predicted molar refractivity (Wildman–Crippen MR) is 81.3 cm³/mol. The third kappa shape index (κ3) is 2.45. The molecule has 0 amide bonds. The van der Waals surface area contributed by atoms with Crippen LogP contribution in [0.1, 0.15) is 37.3 Å². The fourth-order valence-corrected chi connectivity index (χ4v) is 3.66. The van der Waals surface area contributed by atoms with Gasteiger partial charge in [-0.05, 0) is 41.7 Å². The third-order valence-corrected chi connectivity index (χ3v) is 4.91. The fraction of sp³-hybridized carbons (Fsp3) is 0.368. The molecule has 2 aromatic rings. The molecule has 0 aromatic heterocycles. The first kappa shape index (κ1) is 12.5. The van der Waals surface area contributed by atoms with E-state index >= 15 is 0 Å². The summed E-state index contributed by atoms with van der Waals surface area (Å²) < 4.78 is 0. The molecule has 98 valence electrons. The zero-order chi connectivity index (χ0) is 13.1. The highest BCUT2D eigenvalue weighted by molar-refractivity contribution is 5.28. The molecule has 3 rings (SSSR count). The smallest absolute Gasteiger partial charge is 0.00439 e. The molecule has 0 radical (unpaired) electrons. The second-order valence-electron chi connectivity index (χ2n) is 6.06. The zero-order valence-corrected chi connectivity index (χ0v) is 11.7. The van der Waals surface area contributed by atoms with Crippen LogP contribution < -0.4 is 0 Å². The summed E-state index contributed by atoms with van der Waals surface area (Å²) in [4.78, 5) is 0. The van der Waals surface area contributed by atoms with E-state index in [4.69, 9.17) is 0 Å². The maximum Gasteiger partial charge on any atom is -0.00439 e. The van der Waals surface area contributed by atoms with Gasteiger partial charge in [-0.3, -0.25) is 0 Å². The Hall–Kier alpha value is -1.56. The van der Waals surface area contributed by atoms with Crippen molar-refractivity contribution < 1.29 is 0 Å². The molecular weight excluding hydrogens is 228 g/mol. The van der Waals surface area contributed by atoms with Crippen molar-refractivity contribution in [3.8, 4) is 0 Å². The van der Waals surface area contributed by atoms with Crippen LogP contribution in [0.2, 0.25) is 0 Å². The lowest BCUT2D eigenvalue weighted by Crippen LogP contribution is -2.28. The molecule has 0 heteroatoms. The molecule has 0 unspecified atom stereocenters. The Balaban J connectivity index is 1.85. The lowest BCUT2D eigenvalue weighted by Gasteiger charge is -2.32. The first-order valence-corrected chi connectivity index (χ1v) is 7.38. The quantitative estimate of drug-likeness (QED) is 0.720. The third-order valence-electron chi connectivity index (χ3n) is 4.91. The van der Waals surface area contributed by atoms with Gasteiger partial charge >= 0.3 is 0 Å². The normalized spacial score (nSPS) is 26.5. The van der Waals surface area contributed by atoms with Crippen LogP contribution in [0, 0.1) is 5.92 Å². The lowest BCUT2D eigenvalue weighted by atomic mass is 9.72. The predicted octanol–water partition coefficient (Wildman–Crippen LogP) is 4.99. The summed E-state index contributed by atoms with van der Waals surface area (Å²) in [6, 6.07) is 22.0. The van der Waals surface area contributed by atoms with Gasteiger partial charge in [0.05, 0.1) is 0 Å². The van der Waals surface area contributed by atoms with Gasteiger partial charge in [-0.25, -0.2) is 0 Å². The molecule has 0 aliphatic heterocycles. The number of rotatable bonds is 3. The molecule has 2 aromatic carbocycles. The zero-order valence-electron chi connectivity index (χ0n) is 11.7. The molecule has 1 aliphatic carbocycles. The van der Waals surface area contributed by atoms with Gasteiger partial charge in [0.2, 0.25) is 0 Å². The summed E-state index contributed by atoms with van der Waals surface area (Å²) in [7, 11) is 0. The van der Waals surface area contributed by atoms with Crippen molar-refractivity contribution in [2.75, 3.05) is 0 Å². The van der Waals surface area contributed by atoms with Crippen LogP contribution >= 0.6 is 0 Å². The van der Waals surface area contributed by atoms with Crippen molar-refractivity contribution in [1.82, 2.24) is 0 Å². The average Bonchev–Trinajstić information content (AvgIpc) is 2.84. The van der Waals surface area contributed by atoms with Crippen LogP contribution in [0.25, 0.3) is 0 Å². The SMILES string of the molecule is C[C@@]1(c2ccccc2)CCC[C@H]1Cc1ccccc1. The Bertz CT molecular complexity index is 514. The highest BCUT2D eigenvalue weighted by Gasteiger charge is 2.39. The maximum absolute atomic E-state index is 2.46. The minimum absolute atomic E-state index is 0.358. The van der Waals surface area contributed by atoms with Crippen molar-refractivity contribution in [1.29, 1.82) is 0 Å².